The van der Waals surface area contributed by atoms with Crippen molar-refractivity contribution < 1.29 is 13.6 Å². The van der Waals surface area contributed by atoms with Crippen molar-refractivity contribution >= 4 is 5.78 Å². The van der Waals surface area contributed by atoms with E-state index in [1.54, 1.807) is 25.2 Å². The smallest absolute Gasteiger partial charge is 0.161 e. The Hall–Kier alpha value is -1.71. The molecule has 0 aromatic heterocycles. The highest BCUT2D eigenvalue weighted by molar-refractivity contribution is 5.91. The molecule has 0 spiro atoms. The number of nitrogens with zero attached hydrogens (tertiary/aromatic N) is 1. The summed E-state index contributed by atoms with van der Waals surface area (Å²) >= 11 is 0. The molecule has 0 saturated carbocycles. The van der Waals surface area contributed by atoms with Crippen LogP contribution in [-0.4, -0.2) is 24.8 Å². The molecule has 16 heavy (non-hydrogen) atoms. The largest absolute Gasteiger partial charge is 0.383 e. The summed E-state index contributed by atoms with van der Waals surface area (Å²) in [6, 6.07) is 3.09. The Morgan fingerprint density at radius 2 is 2.06 bits per heavy atom. The van der Waals surface area contributed by atoms with Gasteiger partial charge in [-0.25, -0.2) is 8.78 Å². The van der Waals surface area contributed by atoms with E-state index in [-0.39, 0.29) is 17.8 Å². The molecule has 0 aliphatic heterocycles. The van der Waals surface area contributed by atoms with Crippen molar-refractivity contribution in [3.05, 3.63) is 47.7 Å². The van der Waals surface area contributed by atoms with E-state index in [2.05, 4.69) is 0 Å². The Kier molecular flexibility index (Phi) is 4.17. The van der Waals surface area contributed by atoms with Crippen molar-refractivity contribution in [2.75, 3.05) is 14.1 Å². The van der Waals surface area contributed by atoms with Crippen LogP contribution in [0.3, 0.4) is 0 Å². The number of hydrogen-bond donors (Lipinski definition) is 0. The van der Waals surface area contributed by atoms with Crippen LogP contribution in [0.5, 0.6) is 0 Å². The van der Waals surface area contributed by atoms with E-state index < -0.39 is 11.6 Å². The summed E-state index contributed by atoms with van der Waals surface area (Å²) in [7, 11) is 3.54. The highest BCUT2D eigenvalue weighted by Crippen LogP contribution is 2.10. The molecular formula is C12H13F2NO. The van der Waals surface area contributed by atoms with Gasteiger partial charge in [0.15, 0.2) is 5.78 Å². The van der Waals surface area contributed by atoms with Gasteiger partial charge in [-0.05, 0) is 29.8 Å². The molecule has 0 radical (unpaired) electrons. The molecular weight excluding hydrogens is 212 g/mol. The summed E-state index contributed by atoms with van der Waals surface area (Å²) in [6.07, 6.45) is 2.78. The number of benzene rings is 1. The maximum atomic E-state index is 13.2. The third-order valence-electron chi connectivity index (χ3n) is 1.93. The summed E-state index contributed by atoms with van der Waals surface area (Å²) < 4.78 is 26.0. The lowest BCUT2D eigenvalue weighted by Crippen LogP contribution is -2.05. The Bertz CT molecular complexity index is 413. The second kappa shape index (κ2) is 5.39. The number of hydrogen-bond acceptors (Lipinski definition) is 2. The molecule has 0 fully saturated rings. The van der Waals surface area contributed by atoms with Gasteiger partial charge in [0.05, 0.1) is 0 Å². The van der Waals surface area contributed by atoms with E-state index in [0.29, 0.717) is 0 Å². The Balaban J connectivity index is 2.73. The van der Waals surface area contributed by atoms with Gasteiger partial charge in [0.25, 0.3) is 0 Å². The van der Waals surface area contributed by atoms with E-state index in [4.69, 9.17) is 0 Å². The van der Waals surface area contributed by atoms with Gasteiger partial charge in [0.1, 0.15) is 11.6 Å². The molecule has 1 aromatic carbocycles. The molecule has 2 nitrogen and oxygen atoms in total. The zero-order chi connectivity index (χ0) is 12.1. The van der Waals surface area contributed by atoms with Gasteiger partial charge in [-0.3, -0.25) is 4.79 Å². The van der Waals surface area contributed by atoms with Crippen LogP contribution in [0.1, 0.15) is 5.56 Å². The molecule has 4 heteroatoms. The topological polar surface area (TPSA) is 20.3 Å². The van der Waals surface area contributed by atoms with Crippen molar-refractivity contribution in [2.45, 2.75) is 6.42 Å². The number of rotatable bonds is 4. The van der Waals surface area contributed by atoms with E-state index in [1.807, 2.05) is 0 Å². The monoisotopic (exact) mass is 225 g/mol. The average molecular weight is 225 g/mol. The molecule has 0 aliphatic rings. The van der Waals surface area contributed by atoms with Crippen LogP contribution in [0, 0.1) is 11.6 Å². The molecule has 0 aliphatic carbocycles. The zero-order valence-electron chi connectivity index (χ0n) is 9.21. The zero-order valence-corrected chi connectivity index (χ0v) is 9.21. The number of halogens is 2. The first-order valence-corrected chi connectivity index (χ1v) is 4.80. The van der Waals surface area contributed by atoms with Crippen LogP contribution in [0.15, 0.2) is 30.5 Å². The highest BCUT2D eigenvalue weighted by Gasteiger charge is 2.07. The maximum absolute atomic E-state index is 13.2. The lowest BCUT2D eigenvalue weighted by atomic mass is 10.1. The van der Waals surface area contributed by atoms with Gasteiger partial charge < -0.3 is 4.90 Å². The summed E-state index contributed by atoms with van der Waals surface area (Å²) in [5.74, 6) is -1.37. The van der Waals surface area contributed by atoms with Gasteiger partial charge in [-0.15, -0.1) is 0 Å². The van der Waals surface area contributed by atoms with Crippen molar-refractivity contribution in [2.24, 2.45) is 0 Å². The second-order valence-corrected chi connectivity index (χ2v) is 3.66. The average Bonchev–Trinajstić information content (AvgIpc) is 2.20. The van der Waals surface area contributed by atoms with Gasteiger partial charge >= 0.3 is 0 Å². The van der Waals surface area contributed by atoms with Gasteiger partial charge in [-0.1, -0.05) is 0 Å². The normalized spacial score (nSPS) is 10.8. The SMILES string of the molecule is CN(C)C=CC(=O)Cc1cc(F)ccc1F. The van der Waals surface area contributed by atoms with E-state index in [0.717, 1.165) is 18.2 Å². The quantitative estimate of drug-likeness (QED) is 0.732. The van der Waals surface area contributed by atoms with Crippen LogP contribution < -0.4 is 0 Å². The van der Waals surface area contributed by atoms with Gasteiger partial charge in [0, 0.05) is 26.7 Å². The number of ketones is 1. The molecule has 0 unspecified atom stereocenters. The fraction of sp³-hybridized carbons (Fsp3) is 0.250. The standard InChI is InChI=1S/C12H13F2NO/c1-15(2)6-5-11(16)8-9-7-10(13)3-4-12(9)14/h3-7H,8H2,1-2H3. The molecule has 0 heterocycles. The number of carbonyl (C=O) groups is 1. The number of allylic oxidation sites excluding steroid dienone is 1. The van der Waals surface area contributed by atoms with Crippen LogP contribution in [-0.2, 0) is 11.2 Å². The number of carbonyl (C=O) groups excluding carboxylic acids is 1. The molecule has 86 valence electrons. The molecule has 0 N–H and O–H groups in total. The van der Waals surface area contributed by atoms with Crippen LogP contribution in [0.4, 0.5) is 8.78 Å². The Labute approximate surface area is 93.2 Å². The Morgan fingerprint density at radius 1 is 1.38 bits per heavy atom. The molecule has 0 saturated heterocycles. The summed E-state index contributed by atoms with van der Waals surface area (Å²) in [5, 5.41) is 0. The van der Waals surface area contributed by atoms with Crippen LogP contribution in [0.25, 0.3) is 0 Å². The third-order valence-corrected chi connectivity index (χ3v) is 1.93. The fourth-order valence-corrected chi connectivity index (χ4v) is 1.16. The van der Waals surface area contributed by atoms with Crippen molar-refractivity contribution in [3.63, 3.8) is 0 Å². The third kappa shape index (κ3) is 3.81. The van der Waals surface area contributed by atoms with E-state index in [9.17, 15) is 13.6 Å². The highest BCUT2D eigenvalue weighted by atomic mass is 19.1. The summed E-state index contributed by atoms with van der Waals surface area (Å²) in [5.41, 5.74) is 0.0772. The predicted octanol–water partition coefficient (Wildman–Crippen LogP) is 2.15. The molecule has 1 aromatic rings. The minimum Gasteiger partial charge on any atom is -0.383 e. The maximum Gasteiger partial charge on any atom is 0.161 e. The van der Waals surface area contributed by atoms with Crippen LogP contribution in [0.2, 0.25) is 0 Å². The first-order chi connectivity index (χ1) is 7.49. The first-order valence-electron chi connectivity index (χ1n) is 4.80. The predicted molar refractivity (Wildman–Crippen MR) is 57.9 cm³/mol. The van der Waals surface area contributed by atoms with Crippen molar-refractivity contribution in [1.29, 1.82) is 0 Å². The van der Waals surface area contributed by atoms with Gasteiger partial charge in [-0.2, -0.15) is 0 Å². The molecule has 0 bridgehead atoms. The lowest BCUT2D eigenvalue weighted by molar-refractivity contribution is -0.114. The molecule has 0 amide bonds. The Morgan fingerprint density at radius 3 is 2.69 bits per heavy atom. The van der Waals surface area contributed by atoms with Crippen molar-refractivity contribution in [3.8, 4) is 0 Å². The minimum absolute atomic E-state index is 0.0772. The summed E-state index contributed by atoms with van der Waals surface area (Å²) in [4.78, 5) is 13.1. The van der Waals surface area contributed by atoms with Gasteiger partial charge in [0.2, 0.25) is 0 Å². The molecule has 0 atom stereocenters. The minimum atomic E-state index is -0.562. The van der Waals surface area contributed by atoms with Crippen molar-refractivity contribution in [1.82, 2.24) is 4.90 Å². The second-order valence-electron chi connectivity index (χ2n) is 3.66. The van der Waals surface area contributed by atoms with E-state index in [1.165, 1.54) is 6.08 Å². The van der Waals surface area contributed by atoms with Crippen LogP contribution >= 0.6 is 0 Å². The van der Waals surface area contributed by atoms with E-state index >= 15 is 0 Å². The molecule has 1 rings (SSSR count). The fourth-order valence-electron chi connectivity index (χ4n) is 1.16. The summed E-state index contributed by atoms with van der Waals surface area (Å²) in [6.45, 7) is 0. The first kappa shape index (κ1) is 12.4. The lowest BCUT2D eigenvalue weighted by Gasteiger charge is -2.03.